The minimum atomic E-state index is 0.368. The molecule has 1 unspecified atom stereocenters. The molecule has 4 heteroatoms. The quantitative estimate of drug-likeness (QED) is 0.636. The van der Waals surface area contributed by atoms with Crippen molar-refractivity contribution in [2.45, 2.75) is 26.3 Å². The van der Waals surface area contributed by atoms with Crippen molar-refractivity contribution in [3.63, 3.8) is 0 Å². The summed E-state index contributed by atoms with van der Waals surface area (Å²) in [4.78, 5) is 4.49. The summed E-state index contributed by atoms with van der Waals surface area (Å²) in [6.07, 6.45) is 1.06. The van der Waals surface area contributed by atoms with Crippen LogP contribution in [0.2, 0.25) is 0 Å². The molecular formula is C18H33N3O. The van der Waals surface area contributed by atoms with Gasteiger partial charge in [-0.05, 0) is 58.7 Å². The molecule has 1 atom stereocenters. The van der Waals surface area contributed by atoms with Crippen LogP contribution < -0.4 is 10.1 Å². The van der Waals surface area contributed by atoms with E-state index in [1.54, 1.807) is 0 Å². The van der Waals surface area contributed by atoms with E-state index in [4.69, 9.17) is 4.74 Å². The van der Waals surface area contributed by atoms with Gasteiger partial charge in [0.05, 0.1) is 6.61 Å². The summed E-state index contributed by atoms with van der Waals surface area (Å²) in [5.41, 5.74) is 1.30. The minimum absolute atomic E-state index is 0.368. The Hall–Kier alpha value is -1.10. The van der Waals surface area contributed by atoms with Gasteiger partial charge < -0.3 is 19.9 Å². The molecule has 22 heavy (non-hydrogen) atoms. The van der Waals surface area contributed by atoms with Gasteiger partial charge in [-0.25, -0.2) is 0 Å². The topological polar surface area (TPSA) is 27.7 Å². The standard InChI is InChI=1S/C18H33N3O/c1-6-21(5)13-7-15-22-18-10-8-17(9-11-18)16(2)19-12-14-20(3)4/h8-11,16,19H,6-7,12-15H2,1-5H3. The molecule has 0 aliphatic rings. The van der Waals surface area contributed by atoms with Gasteiger partial charge >= 0.3 is 0 Å². The van der Waals surface area contributed by atoms with Crippen LogP contribution >= 0.6 is 0 Å². The van der Waals surface area contributed by atoms with E-state index in [1.165, 1.54) is 5.56 Å². The molecule has 126 valence electrons. The highest BCUT2D eigenvalue weighted by molar-refractivity contribution is 5.28. The first-order chi connectivity index (χ1) is 10.5. The van der Waals surface area contributed by atoms with Gasteiger partial charge in [-0.3, -0.25) is 0 Å². The Bertz CT molecular complexity index is 392. The number of hydrogen-bond acceptors (Lipinski definition) is 4. The predicted molar refractivity (Wildman–Crippen MR) is 94.7 cm³/mol. The lowest BCUT2D eigenvalue weighted by Crippen LogP contribution is -2.28. The second-order valence-electron chi connectivity index (χ2n) is 6.15. The van der Waals surface area contributed by atoms with E-state index >= 15 is 0 Å². The molecule has 0 aliphatic carbocycles. The molecule has 0 spiro atoms. The van der Waals surface area contributed by atoms with E-state index in [-0.39, 0.29) is 0 Å². The molecular weight excluding hydrogens is 274 g/mol. The first-order valence-corrected chi connectivity index (χ1v) is 8.32. The summed E-state index contributed by atoms with van der Waals surface area (Å²) in [5, 5.41) is 3.53. The molecule has 1 aromatic carbocycles. The van der Waals surface area contributed by atoms with Gasteiger partial charge in [0.25, 0.3) is 0 Å². The third kappa shape index (κ3) is 7.78. The minimum Gasteiger partial charge on any atom is -0.494 e. The molecule has 1 aromatic rings. The van der Waals surface area contributed by atoms with Crippen LogP contribution in [0.4, 0.5) is 0 Å². The SMILES string of the molecule is CCN(C)CCCOc1ccc(C(C)NCCN(C)C)cc1. The maximum atomic E-state index is 5.79. The van der Waals surface area contributed by atoms with Gasteiger partial charge in [0, 0.05) is 25.7 Å². The monoisotopic (exact) mass is 307 g/mol. The number of hydrogen-bond donors (Lipinski definition) is 1. The first kappa shape index (κ1) is 18.9. The van der Waals surface area contributed by atoms with Gasteiger partial charge in [-0.1, -0.05) is 19.1 Å². The van der Waals surface area contributed by atoms with Gasteiger partial charge in [-0.2, -0.15) is 0 Å². The molecule has 1 N–H and O–H groups in total. The van der Waals surface area contributed by atoms with E-state index < -0.39 is 0 Å². The Kier molecular flexibility index (Phi) is 9.13. The highest BCUT2D eigenvalue weighted by atomic mass is 16.5. The zero-order valence-corrected chi connectivity index (χ0v) is 14.9. The van der Waals surface area contributed by atoms with E-state index in [2.05, 4.69) is 74.4 Å². The summed E-state index contributed by atoms with van der Waals surface area (Å²) in [6.45, 7) is 9.38. The zero-order chi connectivity index (χ0) is 16.4. The number of nitrogens with zero attached hydrogens (tertiary/aromatic N) is 2. The highest BCUT2D eigenvalue weighted by Crippen LogP contribution is 2.17. The summed E-state index contributed by atoms with van der Waals surface area (Å²) in [7, 11) is 6.33. The lowest BCUT2D eigenvalue weighted by Gasteiger charge is -2.17. The fourth-order valence-corrected chi connectivity index (χ4v) is 2.16. The third-order valence-electron chi connectivity index (χ3n) is 3.88. The molecule has 0 heterocycles. The van der Waals surface area contributed by atoms with Crippen LogP contribution in [0.1, 0.15) is 31.9 Å². The van der Waals surface area contributed by atoms with Crippen molar-refractivity contribution in [1.82, 2.24) is 15.1 Å². The molecule has 0 bridgehead atoms. The molecule has 0 fully saturated rings. The van der Waals surface area contributed by atoms with Crippen molar-refractivity contribution in [2.75, 3.05) is 53.9 Å². The lowest BCUT2D eigenvalue weighted by atomic mass is 10.1. The van der Waals surface area contributed by atoms with Gasteiger partial charge in [0.1, 0.15) is 5.75 Å². The summed E-state index contributed by atoms with van der Waals surface area (Å²) >= 11 is 0. The fraction of sp³-hybridized carbons (Fsp3) is 0.667. The maximum Gasteiger partial charge on any atom is 0.119 e. The van der Waals surface area contributed by atoms with Crippen LogP contribution in [-0.4, -0.2) is 63.7 Å². The van der Waals surface area contributed by atoms with Crippen LogP contribution in [-0.2, 0) is 0 Å². The van der Waals surface area contributed by atoms with Crippen molar-refractivity contribution < 1.29 is 4.74 Å². The fourth-order valence-electron chi connectivity index (χ4n) is 2.16. The number of rotatable bonds is 11. The maximum absolute atomic E-state index is 5.79. The van der Waals surface area contributed by atoms with Crippen LogP contribution in [0, 0.1) is 0 Å². The van der Waals surface area contributed by atoms with Crippen LogP contribution in [0.25, 0.3) is 0 Å². The molecule has 1 rings (SSSR count). The van der Waals surface area contributed by atoms with E-state index in [1.807, 2.05) is 0 Å². The van der Waals surface area contributed by atoms with Crippen molar-refractivity contribution in [3.8, 4) is 5.75 Å². The second kappa shape index (κ2) is 10.6. The van der Waals surface area contributed by atoms with Crippen molar-refractivity contribution >= 4 is 0 Å². The smallest absolute Gasteiger partial charge is 0.119 e. The van der Waals surface area contributed by atoms with Gasteiger partial charge in [0.2, 0.25) is 0 Å². The van der Waals surface area contributed by atoms with Crippen LogP contribution in [0.15, 0.2) is 24.3 Å². The Morgan fingerprint density at radius 2 is 1.77 bits per heavy atom. The Labute approximate surface area is 136 Å². The number of ether oxygens (including phenoxy) is 1. The van der Waals surface area contributed by atoms with Crippen LogP contribution in [0.3, 0.4) is 0 Å². The number of likely N-dealkylation sites (N-methyl/N-ethyl adjacent to an activating group) is 1. The Morgan fingerprint density at radius 3 is 2.36 bits per heavy atom. The average molecular weight is 307 g/mol. The normalized spacial score (nSPS) is 12.9. The molecule has 0 aromatic heterocycles. The molecule has 0 radical (unpaired) electrons. The Balaban J connectivity index is 2.30. The number of benzene rings is 1. The second-order valence-corrected chi connectivity index (χ2v) is 6.15. The van der Waals surface area contributed by atoms with Crippen LogP contribution in [0.5, 0.6) is 5.75 Å². The molecule has 4 nitrogen and oxygen atoms in total. The summed E-state index contributed by atoms with van der Waals surface area (Å²) in [5.74, 6) is 0.961. The van der Waals surface area contributed by atoms with E-state index in [0.29, 0.717) is 6.04 Å². The predicted octanol–water partition coefficient (Wildman–Crippen LogP) is 2.62. The van der Waals surface area contributed by atoms with E-state index in [9.17, 15) is 0 Å². The van der Waals surface area contributed by atoms with E-state index in [0.717, 1.165) is 45.0 Å². The van der Waals surface area contributed by atoms with Crippen molar-refractivity contribution in [3.05, 3.63) is 29.8 Å². The van der Waals surface area contributed by atoms with Crippen molar-refractivity contribution in [2.24, 2.45) is 0 Å². The number of nitrogens with one attached hydrogen (secondary N) is 1. The summed E-state index contributed by atoms with van der Waals surface area (Å²) < 4.78 is 5.79. The molecule has 0 aliphatic heterocycles. The largest absolute Gasteiger partial charge is 0.494 e. The first-order valence-electron chi connectivity index (χ1n) is 8.32. The Morgan fingerprint density at radius 1 is 1.09 bits per heavy atom. The average Bonchev–Trinajstić information content (AvgIpc) is 2.51. The van der Waals surface area contributed by atoms with Gasteiger partial charge in [-0.15, -0.1) is 0 Å². The highest BCUT2D eigenvalue weighted by Gasteiger charge is 2.05. The lowest BCUT2D eigenvalue weighted by molar-refractivity contribution is 0.268. The van der Waals surface area contributed by atoms with Gasteiger partial charge in [0.15, 0.2) is 0 Å². The van der Waals surface area contributed by atoms with Crippen molar-refractivity contribution in [1.29, 1.82) is 0 Å². The zero-order valence-electron chi connectivity index (χ0n) is 14.9. The molecule has 0 saturated carbocycles. The molecule has 0 amide bonds. The third-order valence-corrected chi connectivity index (χ3v) is 3.88. The molecule has 0 saturated heterocycles. The summed E-state index contributed by atoms with van der Waals surface area (Å²) in [6, 6.07) is 8.82.